The van der Waals surface area contributed by atoms with Crippen molar-refractivity contribution >= 4 is 17.8 Å². The summed E-state index contributed by atoms with van der Waals surface area (Å²) in [7, 11) is 1.27. The molecule has 9 nitrogen and oxygen atoms in total. The van der Waals surface area contributed by atoms with Gasteiger partial charge >= 0.3 is 5.97 Å². The van der Waals surface area contributed by atoms with Crippen LogP contribution in [-0.2, 0) is 27.3 Å². The van der Waals surface area contributed by atoms with Crippen LogP contribution in [0, 0.1) is 0 Å². The first-order valence-corrected chi connectivity index (χ1v) is 10.3. The van der Waals surface area contributed by atoms with E-state index in [2.05, 4.69) is 5.32 Å². The molecule has 2 aliphatic rings. The maximum Gasteiger partial charge on any atom is 0.328 e. The second-order valence-electron chi connectivity index (χ2n) is 7.88. The van der Waals surface area contributed by atoms with Crippen molar-refractivity contribution in [3.8, 4) is 0 Å². The van der Waals surface area contributed by atoms with E-state index in [1.54, 1.807) is 6.07 Å². The molecule has 1 aromatic carbocycles. The van der Waals surface area contributed by atoms with Crippen LogP contribution < -0.4 is 5.32 Å². The Balaban J connectivity index is 1.61. The number of aliphatic hydroxyl groups excluding tert-OH is 2. The molecule has 0 radical (unpaired) electrons. The zero-order chi connectivity index (χ0) is 22.8. The summed E-state index contributed by atoms with van der Waals surface area (Å²) in [5.74, 6) is -1.54. The first kappa shape index (κ1) is 21.8. The topological polar surface area (TPSA) is 129 Å². The molecule has 3 N–H and O–H groups in total. The first-order chi connectivity index (χ1) is 15.4. The van der Waals surface area contributed by atoms with Gasteiger partial charge in [0.1, 0.15) is 12.1 Å². The molecule has 9 heteroatoms. The molecule has 0 saturated heterocycles. The summed E-state index contributed by atoms with van der Waals surface area (Å²) in [6.45, 7) is 0.203. The third-order valence-electron chi connectivity index (χ3n) is 5.87. The van der Waals surface area contributed by atoms with E-state index < -0.39 is 42.1 Å². The van der Waals surface area contributed by atoms with Crippen molar-refractivity contribution in [3.05, 3.63) is 71.2 Å². The number of esters is 1. The minimum atomic E-state index is -1.30. The van der Waals surface area contributed by atoms with Crippen LogP contribution in [0.15, 0.2) is 58.7 Å². The second-order valence-corrected chi connectivity index (χ2v) is 7.88. The van der Waals surface area contributed by atoms with Crippen LogP contribution >= 0.6 is 0 Å². The average molecular weight is 440 g/mol. The molecule has 2 amide bonds. The molecule has 4 rings (SSSR count). The zero-order valence-corrected chi connectivity index (χ0v) is 17.4. The lowest BCUT2D eigenvalue weighted by atomic mass is 9.88. The van der Waals surface area contributed by atoms with E-state index in [9.17, 15) is 24.6 Å². The van der Waals surface area contributed by atoms with Crippen molar-refractivity contribution in [2.24, 2.45) is 0 Å². The maximum absolute atomic E-state index is 13.4. The zero-order valence-electron chi connectivity index (χ0n) is 17.4. The van der Waals surface area contributed by atoms with Gasteiger partial charge in [0.2, 0.25) is 0 Å². The van der Waals surface area contributed by atoms with E-state index in [0.29, 0.717) is 6.42 Å². The summed E-state index contributed by atoms with van der Waals surface area (Å²) in [6, 6.07) is 8.72. The van der Waals surface area contributed by atoms with E-state index >= 15 is 0 Å². The molecule has 0 spiro atoms. The Morgan fingerprint density at radius 2 is 1.84 bits per heavy atom. The molecule has 4 atom stereocenters. The van der Waals surface area contributed by atoms with Gasteiger partial charge in [0, 0.05) is 25.0 Å². The number of nitrogens with zero attached hydrogens (tertiary/aromatic N) is 1. The van der Waals surface area contributed by atoms with E-state index in [4.69, 9.17) is 9.15 Å². The third-order valence-corrected chi connectivity index (χ3v) is 5.87. The minimum absolute atomic E-state index is 0.0388. The van der Waals surface area contributed by atoms with Crippen molar-refractivity contribution in [1.29, 1.82) is 0 Å². The normalized spacial score (nSPS) is 24.8. The number of amides is 2. The number of ether oxygens (including phenoxy) is 1. The van der Waals surface area contributed by atoms with Gasteiger partial charge in [-0.1, -0.05) is 30.3 Å². The molecule has 2 heterocycles. The largest absolute Gasteiger partial charge is 0.467 e. The number of fused-ring (bicyclic) bond motifs is 1. The van der Waals surface area contributed by atoms with Crippen LogP contribution in [0.1, 0.15) is 28.1 Å². The highest BCUT2D eigenvalue weighted by Crippen LogP contribution is 2.28. The highest BCUT2D eigenvalue weighted by Gasteiger charge is 2.40. The highest BCUT2D eigenvalue weighted by molar-refractivity contribution is 5.97. The molecule has 0 bridgehead atoms. The fourth-order valence-corrected chi connectivity index (χ4v) is 4.15. The first-order valence-electron chi connectivity index (χ1n) is 10.3. The molecule has 168 valence electrons. The van der Waals surface area contributed by atoms with Gasteiger partial charge in [-0.05, 0) is 23.3 Å². The standard InChI is InChI=1S/C23H24N2O7/c1-31-23(30)17-10-13-5-2-3-6-14(13)12-25(17)22(29)15-9-16(20(27)18(26)11-15)24-21(28)19-7-4-8-32-19/h2-9,16-18,20,26-27H,10-12H2,1H3,(H,24,28)/t16-,17-,18-,20-/m1/s1. The van der Waals surface area contributed by atoms with Crippen LogP contribution in [0.5, 0.6) is 0 Å². The molecule has 1 aliphatic heterocycles. The van der Waals surface area contributed by atoms with Gasteiger partial charge in [-0.3, -0.25) is 9.59 Å². The molecule has 1 aliphatic carbocycles. The van der Waals surface area contributed by atoms with E-state index in [1.165, 1.54) is 30.4 Å². The number of rotatable bonds is 4. The third kappa shape index (κ3) is 4.17. The number of benzene rings is 1. The molecule has 0 unspecified atom stereocenters. The number of furan rings is 1. The Bertz CT molecular complexity index is 1050. The number of carbonyl (C=O) groups is 3. The molecule has 0 saturated carbocycles. The maximum atomic E-state index is 13.4. The van der Waals surface area contributed by atoms with Crippen LogP contribution in [0.25, 0.3) is 0 Å². The number of methoxy groups -OCH3 is 1. The predicted octanol–water partition coefficient (Wildman–Crippen LogP) is 0.556. The SMILES string of the molecule is COC(=O)[C@H]1Cc2ccccc2CN1C(=O)C1=C[C@@H](NC(=O)c2ccco2)[C@@H](O)[C@H](O)C1. The number of hydrogen-bond acceptors (Lipinski definition) is 7. The van der Waals surface area contributed by atoms with Gasteiger partial charge in [-0.15, -0.1) is 0 Å². The van der Waals surface area contributed by atoms with Crippen LogP contribution in [0.3, 0.4) is 0 Å². The van der Waals surface area contributed by atoms with Gasteiger partial charge in [0.05, 0.1) is 25.5 Å². The van der Waals surface area contributed by atoms with Gasteiger partial charge in [-0.25, -0.2) is 4.79 Å². The lowest BCUT2D eigenvalue weighted by Gasteiger charge is -2.38. The van der Waals surface area contributed by atoms with Crippen LogP contribution in [0.4, 0.5) is 0 Å². The van der Waals surface area contributed by atoms with Gasteiger partial charge < -0.3 is 29.6 Å². The quantitative estimate of drug-likeness (QED) is 0.593. The molecule has 32 heavy (non-hydrogen) atoms. The summed E-state index contributed by atoms with van der Waals surface area (Å²) in [5, 5.41) is 23.3. The summed E-state index contributed by atoms with van der Waals surface area (Å²) in [6.07, 6.45) is 0.395. The van der Waals surface area contributed by atoms with Crippen LogP contribution in [0.2, 0.25) is 0 Å². The molecule has 1 aromatic heterocycles. The van der Waals surface area contributed by atoms with Gasteiger partial charge in [-0.2, -0.15) is 0 Å². The van der Waals surface area contributed by atoms with Gasteiger partial charge in [0.15, 0.2) is 5.76 Å². The average Bonchev–Trinajstić information content (AvgIpc) is 3.35. The van der Waals surface area contributed by atoms with E-state index in [0.717, 1.165) is 11.1 Å². The molecule has 2 aromatic rings. The Hall–Kier alpha value is -3.43. The summed E-state index contributed by atoms with van der Waals surface area (Å²) in [5.41, 5.74) is 2.07. The summed E-state index contributed by atoms with van der Waals surface area (Å²) >= 11 is 0. The minimum Gasteiger partial charge on any atom is -0.467 e. The van der Waals surface area contributed by atoms with Crippen molar-refractivity contribution in [1.82, 2.24) is 10.2 Å². The van der Waals surface area contributed by atoms with E-state index in [1.807, 2.05) is 24.3 Å². The predicted molar refractivity (Wildman–Crippen MR) is 111 cm³/mol. The van der Waals surface area contributed by atoms with Gasteiger partial charge in [0.25, 0.3) is 11.8 Å². The van der Waals surface area contributed by atoms with Crippen molar-refractivity contribution < 1.29 is 33.8 Å². The summed E-state index contributed by atoms with van der Waals surface area (Å²) in [4.78, 5) is 39.6. The molecular formula is C23H24N2O7. The fraction of sp³-hybridized carbons (Fsp3) is 0.348. The number of aliphatic hydroxyl groups is 2. The Labute approximate surface area is 184 Å². The number of hydrogen-bond donors (Lipinski definition) is 3. The monoisotopic (exact) mass is 440 g/mol. The van der Waals surface area contributed by atoms with E-state index in [-0.39, 0.29) is 24.3 Å². The summed E-state index contributed by atoms with van der Waals surface area (Å²) < 4.78 is 9.97. The van der Waals surface area contributed by atoms with Crippen molar-refractivity contribution in [2.75, 3.05) is 7.11 Å². The second kappa shape index (κ2) is 8.97. The van der Waals surface area contributed by atoms with Crippen molar-refractivity contribution in [2.45, 2.75) is 43.7 Å². The Kier molecular flexibility index (Phi) is 6.11. The number of nitrogens with one attached hydrogen (secondary N) is 1. The molecular weight excluding hydrogens is 416 g/mol. The Morgan fingerprint density at radius 1 is 1.09 bits per heavy atom. The lowest BCUT2D eigenvalue weighted by Crippen LogP contribution is -2.53. The van der Waals surface area contributed by atoms with Crippen LogP contribution in [-0.4, -0.2) is 64.3 Å². The lowest BCUT2D eigenvalue weighted by molar-refractivity contribution is -0.152. The highest BCUT2D eigenvalue weighted by atomic mass is 16.5. The molecule has 0 fully saturated rings. The number of carbonyl (C=O) groups excluding carboxylic acids is 3. The smallest absolute Gasteiger partial charge is 0.328 e. The van der Waals surface area contributed by atoms with Crippen molar-refractivity contribution in [3.63, 3.8) is 0 Å². The Morgan fingerprint density at radius 3 is 2.53 bits per heavy atom. The fourth-order valence-electron chi connectivity index (χ4n) is 4.15.